The van der Waals surface area contributed by atoms with Crippen LogP contribution >= 0.6 is 0 Å². The second-order valence-corrected chi connectivity index (χ2v) is 18.1. The van der Waals surface area contributed by atoms with E-state index >= 15 is 0 Å². The Morgan fingerprint density at radius 3 is 1.43 bits per heavy atom. The topological polar surface area (TPSA) is 85.3 Å². The molecule has 0 bridgehead atoms. The molecule has 2 aliphatic carbocycles. The third kappa shape index (κ3) is 8.54. The SMILES string of the molecule is C1=CCCC(c2ccc(C3NC(c4ccccc4)NC(c4cc(-c5cccc6oc7c(c56)CCC=C7)cc(C5NC(c6ccccc6)NC(c6ccc(-c7ccccc7)cc6)N5)c4)N3)cc2)=C1. The van der Waals surface area contributed by atoms with Gasteiger partial charge in [-0.25, -0.2) is 0 Å². The van der Waals surface area contributed by atoms with Crippen LogP contribution in [0.4, 0.5) is 0 Å². The Hall–Kier alpha value is -6.94. The highest BCUT2D eigenvalue weighted by atomic mass is 16.3. The molecular weight excluding hydrogens is 821 g/mol. The van der Waals surface area contributed by atoms with Crippen molar-refractivity contribution in [3.05, 3.63) is 250 Å². The van der Waals surface area contributed by atoms with Gasteiger partial charge in [0.15, 0.2) is 0 Å². The quantitative estimate of drug-likeness (QED) is 0.0862. The first kappa shape index (κ1) is 41.5. The lowest BCUT2D eigenvalue weighted by Crippen LogP contribution is -2.55. The summed E-state index contributed by atoms with van der Waals surface area (Å²) in [5, 5.41) is 25.1. The van der Waals surface area contributed by atoms with Crippen LogP contribution in [0.1, 0.15) is 107 Å². The maximum Gasteiger partial charge on any atom is 0.135 e. The first-order valence-corrected chi connectivity index (χ1v) is 23.8. The van der Waals surface area contributed by atoms with Crippen LogP contribution in [-0.4, -0.2) is 0 Å². The molecule has 7 aromatic carbocycles. The molecule has 330 valence electrons. The van der Waals surface area contributed by atoms with Crippen LogP contribution in [0.3, 0.4) is 0 Å². The van der Waals surface area contributed by atoms with Crippen molar-refractivity contribution in [2.24, 2.45) is 0 Å². The van der Waals surface area contributed by atoms with Crippen molar-refractivity contribution >= 4 is 22.6 Å². The molecular formula is C60H54N6O. The number of benzene rings is 7. The zero-order valence-corrected chi connectivity index (χ0v) is 37.3. The van der Waals surface area contributed by atoms with Gasteiger partial charge in [0, 0.05) is 10.9 Å². The third-order valence-corrected chi connectivity index (χ3v) is 13.9. The largest absolute Gasteiger partial charge is 0.456 e. The van der Waals surface area contributed by atoms with Gasteiger partial charge in [-0.1, -0.05) is 176 Å². The predicted molar refractivity (Wildman–Crippen MR) is 272 cm³/mol. The molecule has 7 heteroatoms. The van der Waals surface area contributed by atoms with E-state index in [-0.39, 0.29) is 37.0 Å². The summed E-state index contributed by atoms with van der Waals surface area (Å²) in [4.78, 5) is 0. The summed E-state index contributed by atoms with van der Waals surface area (Å²) in [6.45, 7) is 0. The van der Waals surface area contributed by atoms with Gasteiger partial charge in [0.2, 0.25) is 0 Å². The Labute approximate surface area is 392 Å². The van der Waals surface area contributed by atoms with Crippen LogP contribution in [0, 0.1) is 0 Å². The molecule has 0 amide bonds. The fourth-order valence-corrected chi connectivity index (χ4v) is 10.4. The van der Waals surface area contributed by atoms with Crippen molar-refractivity contribution in [2.45, 2.75) is 62.7 Å². The first-order chi connectivity index (χ1) is 33.2. The normalized spacial score (nSPS) is 22.6. The van der Waals surface area contributed by atoms with Crippen LogP contribution in [0.5, 0.6) is 0 Å². The molecule has 3 heterocycles. The van der Waals surface area contributed by atoms with E-state index in [1.807, 2.05) is 0 Å². The van der Waals surface area contributed by atoms with Crippen LogP contribution < -0.4 is 31.9 Å². The standard InChI is InChI=1S/C60H54N6O/c1-5-16-39(17-6-1)41-28-32-45(33-29-41)57-61-55(43-20-9-3-10-21-43)63-59(65-57)48-36-47(50-25-15-27-53-54(50)51-24-13-14-26-52(51)67-53)37-49(38-48)60-64-56(44-22-11-4-12-23-44)62-58(66-60)46-34-30-42(31-35-46)40-18-7-2-8-19-40/h1-7,9-12,14-18,20-23,25-38,55-66H,8,13,19,24H2. The zero-order chi connectivity index (χ0) is 44.5. The van der Waals surface area contributed by atoms with Gasteiger partial charge in [0.05, 0.1) is 37.0 Å². The molecule has 7 nitrogen and oxygen atoms in total. The number of hydrogen-bond donors (Lipinski definition) is 6. The molecule has 12 rings (SSSR count). The summed E-state index contributed by atoms with van der Waals surface area (Å²) < 4.78 is 6.52. The average Bonchev–Trinajstić information content (AvgIpc) is 3.81. The predicted octanol–water partition coefficient (Wildman–Crippen LogP) is 12.8. The molecule has 1 aromatic heterocycles. The van der Waals surface area contributed by atoms with E-state index in [1.54, 1.807) is 0 Å². The first-order valence-electron chi connectivity index (χ1n) is 23.8. The van der Waals surface area contributed by atoms with Crippen LogP contribution in [0.25, 0.3) is 44.9 Å². The second-order valence-electron chi connectivity index (χ2n) is 18.1. The number of rotatable bonds is 9. The summed E-state index contributed by atoms with van der Waals surface area (Å²) in [5.41, 5.74) is 16.6. The number of fused-ring (bicyclic) bond motifs is 3. The van der Waals surface area contributed by atoms with E-state index in [0.29, 0.717) is 0 Å². The molecule has 6 unspecified atom stereocenters. The minimum absolute atomic E-state index is 0.118. The van der Waals surface area contributed by atoms with E-state index in [0.717, 1.165) is 53.7 Å². The van der Waals surface area contributed by atoms with E-state index in [1.165, 1.54) is 61.0 Å². The number of nitrogens with one attached hydrogen (secondary N) is 6. The van der Waals surface area contributed by atoms with Crippen molar-refractivity contribution in [3.63, 3.8) is 0 Å². The molecule has 0 radical (unpaired) electrons. The van der Waals surface area contributed by atoms with Crippen molar-refractivity contribution in [1.82, 2.24) is 31.9 Å². The monoisotopic (exact) mass is 874 g/mol. The maximum absolute atomic E-state index is 6.52. The van der Waals surface area contributed by atoms with Gasteiger partial charge in [-0.2, -0.15) is 0 Å². The van der Waals surface area contributed by atoms with E-state index in [2.05, 4.69) is 238 Å². The van der Waals surface area contributed by atoms with Crippen molar-refractivity contribution in [3.8, 4) is 22.3 Å². The van der Waals surface area contributed by atoms with E-state index in [9.17, 15) is 0 Å². The van der Waals surface area contributed by atoms with Crippen molar-refractivity contribution in [2.75, 3.05) is 0 Å². The molecule has 2 aliphatic heterocycles. The molecule has 6 N–H and O–H groups in total. The van der Waals surface area contributed by atoms with Gasteiger partial charge >= 0.3 is 0 Å². The van der Waals surface area contributed by atoms with Gasteiger partial charge in [-0.15, -0.1) is 0 Å². The minimum Gasteiger partial charge on any atom is -0.456 e. The average molecular weight is 875 g/mol. The number of hydrogen-bond acceptors (Lipinski definition) is 7. The lowest BCUT2D eigenvalue weighted by Gasteiger charge is -2.41. The van der Waals surface area contributed by atoms with Crippen LogP contribution in [0.2, 0.25) is 0 Å². The second kappa shape index (κ2) is 18.4. The van der Waals surface area contributed by atoms with Gasteiger partial charge in [-0.3, -0.25) is 31.9 Å². The molecule has 2 saturated heterocycles. The van der Waals surface area contributed by atoms with Crippen molar-refractivity contribution in [1.29, 1.82) is 0 Å². The fourth-order valence-electron chi connectivity index (χ4n) is 10.4. The lowest BCUT2D eigenvalue weighted by molar-refractivity contribution is 0.199. The molecule has 67 heavy (non-hydrogen) atoms. The Kier molecular flexibility index (Phi) is 11.4. The highest BCUT2D eigenvalue weighted by Gasteiger charge is 2.34. The summed E-state index contributed by atoms with van der Waals surface area (Å²) in [6, 6.07) is 63.8. The van der Waals surface area contributed by atoms with E-state index < -0.39 is 0 Å². The number of aryl methyl sites for hydroxylation is 1. The van der Waals surface area contributed by atoms with Crippen molar-refractivity contribution < 1.29 is 4.42 Å². The summed E-state index contributed by atoms with van der Waals surface area (Å²) in [7, 11) is 0. The molecule has 0 saturated carbocycles. The molecule has 0 spiro atoms. The minimum atomic E-state index is -0.219. The summed E-state index contributed by atoms with van der Waals surface area (Å²) >= 11 is 0. The Morgan fingerprint density at radius 2 is 0.881 bits per heavy atom. The highest BCUT2D eigenvalue weighted by molar-refractivity contribution is 5.98. The lowest BCUT2D eigenvalue weighted by atomic mass is 9.91. The zero-order valence-electron chi connectivity index (χ0n) is 37.3. The van der Waals surface area contributed by atoms with E-state index in [4.69, 9.17) is 4.42 Å². The third-order valence-electron chi connectivity index (χ3n) is 13.9. The number of allylic oxidation sites excluding steroid dienone is 5. The molecule has 6 atom stereocenters. The molecule has 4 aliphatic rings. The maximum atomic E-state index is 6.52. The fraction of sp³-hybridized carbons (Fsp3) is 0.167. The van der Waals surface area contributed by atoms with Gasteiger partial charge < -0.3 is 4.42 Å². The summed E-state index contributed by atoms with van der Waals surface area (Å²) in [5.74, 6) is 0.969. The smallest absolute Gasteiger partial charge is 0.135 e. The summed E-state index contributed by atoms with van der Waals surface area (Å²) in [6.07, 6.45) is 14.2. The van der Waals surface area contributed by atoms with Gasteiger partial charge in [0.25, 0.3) is 0 Å². The van der Waals surface area contributed by atoms with Gasteiger partial charge in [-0.05, 0) is 123 Å². The number of furan rings is 1. The highest BCUT2D eigenvalue weighted by Crippen LogP contribution is 2.41. The van der Waals surface area contributed by atoms with Crippen LogP contribution in [-0.2, 0) is 6.42 Å². The Balaban J connectivity index is 0.967. The van der Waals surface area contributed by atoms with Gasteiger partial charge in [0.1, 0.15) is 11.3 Å². The molecule has 8 aromatic rings. The Morgan fingerprint density at radius 1 is 0.388 bits per heavy atom. The van der Waals surface area contributed by atoms with Crippen LogP contribution in [0.15, 0.2) is 205 Å². The molecule has 2 fully saturated rings. The Bertz CT molecular complexity index is 3100.